The predicted octanol–water partition coefficient (Wildman–Crippen LogP) is 1.82. The average Bonchev–Trinajstić information content (AvgIpc) is 2.28. The summed E-state index contributed by atoms with van der Waals surface area (Å²) < 4.78 is 13.1. The van der Waals surface area contributed by atoms with Gasteiger partial charge in [-0.3, -0.25) is 4.79 Å². The lowest BCUT2D eigenvalue weighted by molar-refractivity contribution is 0.0953. The molecule has 0 bridgehead atoms. The number of carbonyl (C=O) groups excluding carboxylic acids is 1. The van der Waals surface area contributed by atoms with Gasteiger partial charge in [-0.15, -0.1) is 0 Å². The number of amides is 1. The Morgan fingerprint density at radius 3 is 2.88 bits per heavy atom. The van der Waals surface area contributed by atoms with Gasteiger partial charge in [0.25, 0.3) is 5.91 Å². The van der Waals surface area contributed by atoms with Crippen LogP contribution in [0.15, 0.2) is 18.2 Å². The van der Waals surface area contributed by atoms with E-state index in [4.69, 9.17) is 11.6 Å². The van der Waals surface area contributed by atoms with Gasteiger partial charge in [-0.25, -0.2) is 4.39 Å². The lowest BCUT2D eigenvalue weighted by atomic mass is 10.2. The molecule has 88 valence electrons. The Morgan fingerprint density at radius 2 is 2.19 bits per heavy atom. The number of hydrogen-bond acceptors (Lipinski definition) is 2. The summed E-state index contributed by atoms with van der Waals surface area (Å²) in [7, 11) is 1.84. The van der Waals surface area contributed by atoms with Crippen molar-refractivity contribution >= 4 is 17.5 Å². The molecule has 1 aromatic rings. The average molecular weight is 245 g/mol. The maximum atomic E-state index is 13.1. The molecule has 0 unspecified atom stereocenters. The second kappa shape index (κ2) is 6.45. The number of hydrogen-bond donors (Lipinski definition) is 2. The molecule has 0 saturated carbocycles. The fraction of sp³-hybridized carbons (Fsp3) is 0.364. The highest BCUT2D eigenvalue weighted by Crippen LogP contribution is 2.19. The van der Waals surface area contributed by atoms with E-state index in [1.165, 1.54) is 18.2 Å². The van der Waals surface area contributed by atoms with E-state index >= 15 is 0 Å². The van der Waals surface area contributed by atoms with Gasteiger partial charge in [-0.2, -0.15) is 0 Å². The van der Waals surface area contributed by atoms with Gasteiger partial charge in [-0.05, 0) is 32.1 Å². The number of halogens is 2. The van der Waals surface area contributed by atoms with Gasteiger partial charge in [0.1, 0.15) is 5.82 Å². The zero-order chi connectivity index (χ0) is 12.0. The van der Waals surface area contributed by atoms with Gasteiger partial charge >= 0.3 is 0 Å². The van der Waals surface area contributed by atoms with Crippen LogP contribution in [-0.2, 0) is 0 Å². The number of rotatable bonds is 5. The zero-order valence-corrected chi connectivity index (χ0v) is 9.77. The van der Waals surface area contributed by atoms with Crippen LogP contribution in [0.3, 0.4) is 0 Å². The summed E-state index contributed by atoms with van der Waals surface area (Å²) in [4.78, 5) is 11.6. The quantitative estimate of drug-likeness (QED) is 0.776. The van der Waals surface area contributed by atoms with Crippen LogP contribution in [0.4, 0.5) is 4.39 Å². The Morgan fingerprint density at radius 1 is 1.44 bits per heavy atom. The standard InChI is InChI=1S/C11H14ClFN2O/c1-14-6-3-7-15-11(16)8-4-2-5-9(13)10(8)12/h2,4-5,14H,3,6-7H2,1H3,(H,15,16). The van der Waals surface area contributed by atoms with Crippen molar-refractivity contribution in [3.8, 4) is 0 Å². The van der Waals surface area contributed by atoms with E-state index in [2.05, 4.69) is 10.6 Å². The number of nitrogens with one attached hydrogen (secondary N) is 2. The highest BCUT2D eigenvalue weighted by atomic mass is 35.5. The lowest BCUT2D eigenvalue weighted by Crippen LogP contribution is -2.26. The third kappa shape index (κ3) is 3.47. The summed E-state index contributed by atoms with van der Waals surface area (Å²) in [5, 5.41) is 5.51. The van der Waals surface area contributed by atoms with E-state index in [1.807, 2.05) is 7.05 Å². The largest absolute Gasteiger partial charge is 0.352 e. The summed E-state index contributed by atoms with van der Waals surface area (Å²) in [5.41, 5.74) is 0.172. The molecule has 5 heteroatoms. The normalized spacial score (nSPS) is 10.2. The molecule has 1 amide bonds. The number of carbonyl (C=O) groups is 1. The Labute approximate surface area is 99.0 Å². The Balaban J connectivity index is 2.56. The van der Waals surface area contributed by atoms with Crippen molar-refractivity contribution < 1.29 is 9.18 Å². The van der Waals surface area contributed by atoms with Gasteiger partial charge in [0, 0.05) is 6.54 Å². The SMILES string of the molecule is CNCCCNC(=O)c1cccc(F)c1Cl. The summed E-state index contributed by atoms with van der Waals surface area (Å²) in [5.74, 6) is -0.926. The molecular weight excluding hydrogens is 231 g/mol. The van der Waals surface area contributed by atoms with E-state index in [0.29, 0.717) is 6.54 Å². The molecule has 1 rings (SSSR count). The first kappa shape index (κ1) is 12.9. The van der Waals surface area contributed by atoms with Crippen LogP contribution in [0.25, 0.3) is 0 Å². The highest BCUT2D eigenvalue weighted by molar-refractivity contribution is 6.34. The molecule has 2 N–H and O–H groups in total. The third-order valence-corrected chi connectivity index (χ3v) is 2.47. The van der Waals surface area contributed by atoms with E-state index in [0.717, 1.165) is 13.0 Å². The van der Waals surface area contributed by atoms with Crippen molar-refractivity contribution in [3.63, 3.8) is 0 Å². The van der Waals surface area contributed by atoms with Crippen molar-refractivity contribution in [1.29, 1.82) is 0 Å². The maximum absolute atomic E-state index is 13.1. The second-order valence-corrected chi connectivity index (χ2v) is 3.69. The first-order chi connectivity index (χ1) is 7.66. The van der Waals surface area contributed by atoms with Crippen molar-refractivity contribution in [2.75, 3.05) is 20.1 Å². The molecule has 0 aromatic heterocycles. The number of benzene rings is 1. The van der Waals surface area contributed by atoms with Crippen LogP contribution in [-0.4, -0.2) is 26.0 Å². The fourth-order valence-electron chi connectivity index (χ4n) is 1.24. The van der Waals surface area contributed by atoms with E-state index in [-0.39, 0.29) is 16.5 Å². The van der Waals surface area contributed by atoms with Gasteiger partial charge in [0.2, 0.25) is 0 Å². The first-order valence-corrected chi connectivity index (χ1v) is 5.41. The van der Waals surface area contributed by atoms with Crippen molar-refractivity contribution in [3.05, 3.63) is 34.6 Å². The van der Waals surface area contributed by atoms with Crippen LogP contribution in [0.2, 0.25) is 5.02 Å². The van der Waals surface area contributed by atoms with E-state index < -0.39 is 5.82 Å². The molecule has 0 radical (unpaired) electrons. The molecule has 0 aliphatic heterocycles. The highest BCUT2D eigenvalue weighted by Gasteiger charge is 2.12. The second-order valence-electron chi connectivity index (χ2n) is 3.31. The van der Waals surface area contributed by atoms with Gasteiger partial charge in [0.15, 0.2) is 0 Å². The summed E-state index contributed by atoms with van der Waals surface area (Å²) in [6.07, 6.45) is 0.815. The van der Waals surface area contributed by atoms with E-state index in [9.17, 15) is 9.18 Å². The minimum atomic E-state index is -0.579. The van der Waals surface area contributed by atoms with Crippen molar-refractivity contribution in [2.24, 2.45) is 0 Å². The van der Waals surface area contributed by atoms with Crippen molar-refractivity contribution in [1.82, 2.24) is 10.6 Å². The molecule has 0 heterocycles. The van der Waals surface area contributed by atoms with Crippen LogP contribution >= 0.6 is 11.6 Å². The molecule has 0 aliphatic carbocycles. The molecule has 3 nitrogen and oxygen atoms in total. The summed E-state index contributed by atoms with van der Waals surface area (Å²) in [6.45, 7) is 1.35. The first-order valence-electron chi connectivity index (χ1n) is 5.03. The molecule has 0 atom stereocenters. The van der Waals surface area contributed by atoms with Crippen LogP contribution in [0, 0.1) is 5.82 Å². The topological polar surface area (TPSA) is 41.1 Å². The molecule has 1 aromatic carbocycles. The monoisotopic (exact) mass is 244 g/mol. The Bertz CT molecular complexity index is 371. The lowest BCUT2D eigenvalue weighted by Gasteiger charge is -2.06. The predicted molar refractivity (Wildman–Crippen MR) is 62.3 cm³/mol. The molecule has 0 spiro atoms. The zero-order valence-electron chi connectivity index (χ0n) is 9.02. The van der Waals surface area contributed by atoms with Gasteiger partial charge in [0.05, 0.1) is 10.6 Å². The maximum Gasteiger partial charge on any atom is 0.252 e. The molecular formula is C11H14ClFN2O. The Kier molecular flexibility index (Phi) is 5.22. The minimum Gasteiger partial charge on any atom is -0.352 e. The Hall–Kier alpha value is -1.13. The molecule has 16 heavy (non-hydrogen) atoms. The minimum absolute atomic E-state index is 0.131. The van der Waals surface area contributed by atoms with Gasteiger partial charge in [-0.1, -0.05) is 17.7 Å². The molecule has 0 saturated heterocycles. The van der Waals surface area contributed by atoms with Crippen LogP contribution < -0.4 is 10.6 Å². The molecule has 0 fully saturated rings. The third-order valence-electron chi connectivity index (χ3n) is 2.09. The fourth-order valence-corrected chi connectivity index (χ4v) is 1.45. The van der Waals surface area contributed by atoms with Crippen LogP contribution in [0.5, 0.6) is 0 Å². The van der Waals surface area contributed by atoms with E-state index in [1.54, 1.807) is 0 Å². The van der Waals surface area contributed by atoms with Crippen LogP contribution in [0.1, 0.15) is 16.8 Å². The summed E-state index contributed by atoms with van der Waals surface area (Å²) >= 11 is 5.68. The molecule has 0 aliphatic rings. The smallest absolute Gasteiger partial charge is 0.252 e. The van der Waals surface area contributed by atoms with Gasteiger partial charge < -0.3 is 10.6 Å². The summed E-state index contributed by atoms with van der Waals surface area (Å²) in [6, 6.07) is 4.18. The van der Waals surface area contributed by atoms with Crippen molar-refractivity contribution in [2.45, 2.75) is 6.42 Å².